The maximum Gasteiger partial charge on any atom is 0.0632 e. The van der Waals surface area contributed by atoms with Crippen molar-refractivity contribution in [3.8, 4) is 0 Å². The number of nitrogens with zero attached hydrogens (tertiary/aromatic N) is 2. The smallest absolute Gasteiger partial charge is 0.0632 e. The normalized spacial score (nSPS) is 9.33. The summed E-state index contributed by atoms with van der Waals surface area (Å²) in [6.45, 7) is 8.23. The number of hydrogen-bond donors (Lipinski definition) is 0. The molecule has 0 atom stereocenters. The molecule has 12 heavy (non-hydrogen) atoms. The van der Waals surface area contributed by atoms with Crippen LogP contribution in [0.2, 0.25) is 0 Å². The molecule has 2 nitrogen and oxygen atoms in total. The van der Waals surface area contributed by atoms with Gasteiger partial charge >= 0.3 is 0 Å². The maximum atomic E-state index is 3.81. The summed E-state index contributed by atoms with van der Waals surface area (Å²) >= 11 is 0. The lowest BCUT2D eigenvalue weighted by molar-refractivity contribution is 1.04. The number of aliphatic imine (C=N–C) groups is 2. The van der Waals surface area contributed by atoms with E-state index < -0.39 is 0 Å². The fraction of sp³-hybridized carbons (Fsp3) is 0.200. The summed E-state index contributed by atoms with van der Waals surface area (Å²) in [6, 6.07) is 8.13. The summed E-state index contributed by atoms with van der Waals surface area (Å²) in [4.78, 5) is 7.62. The molecule has 0 amide bonds. The van der Waals surface area contributed by atoms with E-state index in [4.69, 9.17) is 0 Å². The molecule has 0 N–H and O–H groups in total. The highest BCUT2D eigenvalue weighted by atomic mass is 14.7. The molecule has 0 aliphatic carbocycles. The molecule has 0 saturated heterocycles. The number of benzene rings is 1. The molecule has 1 aromatic rings. The van der Waals surface area contributed by atoms with Gasteiger partial charge in [-0.2, -0.15) is 0 Å². The quantitative estimate of drug-likeness (QED) is 0.602. The Labute approximate surface area is 72.7 Å². The van der Waals surface area contributed by atoms with Gasteiger partial charge in [-0.15, -0.1) is 0 Å². The fourth-order valence-electron chi connectivity index (χ4n) is 1.08. The lowest BCUT2D eigenvalue weighted by atomic mass is 10.1. The minimum absolute atomic E-state index is 0.672. The first kappa shape index (κ1) is 8.65. The molecule has 0 unspecified atom stereocenters. The molecule has 0 spiro atoms. The van der Waals surface area contributed by atoms with Crippen LogP contribution in [-0.2, 0) is 13.1 Å². The Bertz CT molecular complexity index is 254. The van der Waals surface area contributed by atoms with Crippen LogP contribution in [-0.4, -0.2) is 13.4 Å². The highest BCUT2D eigenvalue weighted by Crippen LogP contribution is 2.06. The molecule has 62 valence electrons. The summed E-state index contributed by atoms with van der Waals surface area (Å²) in [5, 5.41) is 0. The van der Waals surface area contributed by atoms with Gasteiger partial charge in [0.05, 0.1) is 13.1 Å². The Hall–Kier alpha value is -1.44. The van der Waals surface area contributed by atoms with Crippen LogP contribution in [0.15, 0.2) is 34.3 Å². The van der Waals surface area contributed by atoms with Crippen LogP contribution in [0.25, 0.3) is 0 Å². The minimum Gasteiger partial charge on any atom is -0.296 e. The van der Waals surface area contributed by atoms with E-state index in [-0.39, 0.29) is 0 Å². The van der Waals surface area contributed by atoms with Crippen LogP contribution in [0.3, 0.4) is 0 Å². The predicted molar refractivity (Wildman–Crippen MR) is 52.9 cm³/mol. The Kier molecular flexibility index (Phi) is 3.20. The van der Waals surface area contributed by atoms with Gasteiger partial charge in [0, 0.05) is 0 Å². The first-order valence-corrected chi connectivity index (χ1v) is 3.79. The van der Waals surface area contributed by atoms with Crippen molar-refractivity contribution >= 4 is 13.4 Å². The van der Waals surface area contributed by atoms with Gasteiger partial charge in [-0.3, -0.25) is 9.98 Å². The van der Waals surface area contributed by atoms with Crippen LogP contribution >= 0.6 is 0 Å². The maximum absolute atomic E-state index is 3.81. The molecule has 0 radical (unpaired) electrons. The average Bonchev–Trinajstić information content (AvgIpc) is 2.06. The molecule has 0 aliphatic heterocycles. The highest BCUT2D eigenvalue weighted by molar-refractivity contribution is 5.29. The zero-order valence-corrected chi connectivity index (χ0v) is 7.03. The van der Waals surface area contributed by atoms with Gasteiger partial charge in [0.15, 0.2) is 0 Å². The summed E-state index contributed by atoms with van der Waals surface area (Å²) < 4.78 is 0. The molecule has 0 aliphatic rings. The van der Waals surface area contributed by atoms with Crippen molar-refractivity contribution in [3.05, 3.63) is 35.4 Å². The summed E-state index contributed by atoms with van der Waals surface area (Å²) in [6.07, 6.45) is 0. The summed E-state index contributed by atoms with van der Waals surface area (Å²) in [5.41, 5.74) is 2.34. The topological polar surface area (TPSA) is 24.7 Å². The van der Waals surface area contributed by atoms with Crippen molar-refractivity contribution < 1.29 is 0 Å². The SMILES string of the molecule is C=NCc1cccc(CN=C)c1. The van der Waals surface area contributed by atoms with Gasteiger partial charge in [-0.1, -0.05) is 24.3 Å². The van der Waals surface area contributed by atoms with Crippen molar-refractivity contribution in [2.45, 2.75) is 13.1 Å². The lowest BCUT2D eigenvalue weighted by Crippen LogP contribution is -1.85. The molecule has 0 bridgehead atoms. The van der Waals surface area contributed by atoms with E-state index in [9.17, 15) is 0 Å². The number of rotatable bonds is 4. The average molecular weight is 160 g/mol. The van der Waals surface area contributed by atoms with Crippen LogP contribution in [0.4, 0.5) is 0 Å². The zero-order chi connectivity index (χ0) is 8.81. The molecule has 0 heterocycles. The van der Waals surface area contributed by atoms with E-state index in [2.05, 4.69) is 29.5 Å². The second-order valence-corrected chi connectivity index (χ2v) is 2.58. The summed E-state index contributed by atoms with van der Waals surface area (Å²) in [5.74, 6) is 0. The third kappa shape index (κ3) is 2.31. The zero-order valence-electron chi connectivity index (χ0n) is 7.03. The third-order valence-corrected chi connectivity index (χ3v) is 1.58. The van der Waals surface area contributed by atoms with E-state index in [1.165, 1.54) is 11.1 Å². The Morgan fingerprint density at radius 3 is 1.92 bits per heavy atom. The Morgan fingerprint density at radius 1 is 1.00 bits per heavy atom. The van der Waals surface area contributed by atoms with Gasteiger partial charge in [-0.05, 0) is 24.6 Å². The van der Waals surface area contributed by atoms with Crippen molar-refractivity contribution in [2.75, 3.05) is 0 Å². The minimum atomic E-state index is 0.672. The van der Waals surface area contributed by atoms with Gasteiger partial charge in [0.25, 0.3) is 0 Å². The van der Waals surface area contributed by atoms with Gasteiger partial charge in [-0.25, -0.2) is 0 Å². The predicted octanol–water partition coefficient (Wildman–Crippen LogP) is 2.09. The molecular formula is C10H12N2. The Morgan fingerprint density at radius 2 is 1.50 bits per heavy atom. The molecule has 1 aromatic carbocycles. The second-order valence-electron chi connectivity index (χ2n) is 2.58. The highest BCUT2D eigenvalue weighted by Gasteiger charge is 1.92. The molecular weight excluding hydrogens is 148 g/mol. The van der Waals surface area contributed by atoms with Gasteiger partial charge < -0.3 is 0 Å². The van der Waals surface area contributed by atoms with Crippen LogP contribution in [0, 0.1) is 0 Å². The first-order chi connectivity index (χ1) is 5.86. The van der Waals surface area contributed by atoms with Crippen molar-refractivity contribution in [3.63, 3.8) is 0 Å². The standard InChI is InChI=1S/C10H12N2/c1-11-7-9-4-3-5-10(6-9)8-12-2/h3-6H,1-2,7-8H2. The third-order valence-electron chi connectivity index (χ3n) is 1.58. The van der Waals surface area contributed by atoms with E-state index in [1.807, 2.05) is 18.2 Å². The van der Waals surface area contributed by atoms with E-state index in [0.717, 1.165) is 0 Å². The Balaban J connectivity index is 2.79. The fourth-order valence-corrected chi connectivity index (χ4v) is 1.08. The van der Waals surface area contributed by atoms with Crippen molar-refractivity contribution in [2.24, 2.45) is 9.98 Å². The first-order valence-electron chi connectivity index (χ1n) is 3.79. The molecule has 0 aromatic heterocycles. The molecule has 0 fully saturated rings. The molecule has 0 saturated carbocycles. The largest absolute Gasteiger partial charge is 0.296 e. The molecule has 1 rings (SSSR count). The van der Waals surface area contributed by atoms with Crippen LogP contribution in [0.5, 0.6) is 0 Å². The number of hydrogen-bond acceptors (Lipinski definition) is 2. The molecule has 2 heteroatoms. The lowest BCUT2D eigenvalue weighted by Gasteiger charge is -1.99. The summed E-state index contributed by atoms with van der Waals surface area (Å²) in [7, 11) is 0. The van der Waals surface area contributed by atoms with E-state index in [1.54, 1.807) is 0 Å². The monoisotopic (exact) mass is 160 g/mol. The van der Waals surface area contributed by atoms with E-state index >= 15 is 0 Å². The van der Waals surface area contributed by atoms with Crippen LogP contribution in [0.1, 0.15) is 11.1 Å². The second kappa shape index (κ2) is 4.44. The van der Waals surface area contributed by atoms with Crippen LogP contribution < -0.4 is 0 Å². The van der Waals surface area contributed by atoms with Crippen molar-refractivity contribution in [1.29, 1.82) is 0 Å². The van der Waals surface area contributed by atoms with Gasteiger partial charge in [0.1, 0.15) is 0 Å². The van der Waals surface area contributed by atoms with Gasteiger partial charge in [0.2, 0.25) is 0 Å². The van der Waals surface area contributed by atoms with E-state index in [0.29, 0.717) is 13.1 Å². The van der Waals surface area contributed by atoms with Crippen molar-refractivity contribution in [1.82, 2.24) is 0 Å².